The van der Waals surface area contributed by atoms with Gasteiger partial charge in [-0.25, -0.2) is 4.99 Å². The van der Waals surface area contributed by atoms with Gasteiger partial charge in [-0.15, -0.1) is 6.42 Å². The lowest BCUT2D eigenvalue weighted by Gasteiger charge is -2.16. The molecule has 0 aliphatic carbocycles. The van der Waals surface area contributed by atoms with Crippen LogP contribution >= 0.6 is 43.6 Å². The van der Waals surface area contributed by atoms with E-state index >= 15 is 0 Å². The fourth-order valence-corrected chi connectivity index (χ4v) is 5.77. The molecule has 35 heavy (non-hydrogen) atoms. The van der Waals surface area contributed by atoms with Crippen LogP contribution in [0.3, 0.4) is 0 Å². The average Bonchev–Trinajstić information content (AvgIpc) is 3.13. The van der Waals surface area contributed by atoms with Crippen molar-refractivity contribution in [2.45, 2.75) is 6.54 Å². The van der Waals surface area contributed by atoms with Crippen molar-refractivity contribution in [3.8, 4) is 23.8 Å². The van der Waals surface area contributed by atoms with E-state index in [1.807, 2.05) is 72.8 Å². The van der Waals surface area contributed by atoms with Crippen molar-refractivity contribution in [2.75, 3.05) is 13.7 Å². The maximum absolute atomic E-state index is 13.5. The molecule has 176 valence electrons. The molecule has 0 aromatic heterocycles. The molecule has 1 amide bonds. The number of methoxy groups -OCH3 is 1. The number of benzene rings is 3. The van der Waals surface area contributed by atoms with E-state index in [2.05, 4.69) is 37.8 Å². The van der Waals surface area contributed by atoms with Gasteiger partial charge in [-0.05, 0) is 97.2 Å². The Bertz CT molecular complexity index is 1310. The van der Waals surface area contributed by atoms with Gasteiger partial charge in [0.1, 0.15) is 18.1 Å². The summed E-state index contributed by atoms with van der Waals surface area (Å²) in [6, 6.07) is 21.0. The summed E-state index contributed by atoms with van der Waals surface area (Å²) in [6.45, 7) is 0.552. The highest BCUT2D eigenvalue weighted by Crippen LogP contribution is 2.39. The van der Waals surface area contributed by atoms with Crippen LogP contribution in [0.5, 0.6) is 11.5 Å². The zero-order valence-electron chi connectivity index (χ0n) is 18.7. The van der Waals surface area contributed by atoms with Gasteiger partial charge in [0, 0.05) is 0 Å². The first-order valence-electron chi connectivity index (χ1n) is 10.5. The van der Waals surface area contributed by atoms with E-state index in [0.29, 0.717) is 22.4 Å². The molecule has 0 N–H and O–H groups in total. The number of carbonyl (C=O) groups is 1. The number of amidine groups is 1. The first kappa shape index (κ1) is 25.1. The second kappa shape index (κ2) is 11.6. The lowest BCUT2D eigenvalue weighted by molar-refractivity contribution is -0.122. The van der Waals surface area contributed by atoms with Crippen molar-refractivity contribution in [2.24, 2.45) is 4.99 Å². The SMILES string of the molecule is C#CCOc1c(Br)cc(/C=C2\SC(=Nc3ccccc3)N(Cc3ccc(OC)cc3)C2=O)cc1Br. The molecule has 3 aromatic rings. The van der Waals surface area contributed by atoms with Crippen LogP contribution in [0.4, 0.5) is 5.69 Å². The number of nitrogens with zero attached hydrogens (tertiary/aromatic N) is 2. The van der Waals surface area contributed by atoms with Gasteiger partial charge >= 0.3 is 0 Å². The standard InChI is InChI=1S/C27H20Br2N2O3S/c1-3-13-34-25-22(28)14-19(15-23(25)29)16-24-26(32)31(17-18-9-11-21(33-2)12-10-18)27(35-24)30-20-7-5-4-6-8-20/h1,4-12,14-16H,13,17H2,2H3/b24-16-,30-27?. The number of hydrogen-bond donors (Lipinski definition) is 0. The zero-order valence-corrected chi connectivity index (χ0v) is 22.7. The zero-order chi connectivity index (χ0) is 24.8. The van der Waals surface area contributed by atoms with Crippen LogP contribution < -0.4 is 9.47 Å². The molecular formula is C27H20Br2N2O3S. The minimum atomic E-state index is -0.111. The number of terminal acetylenes is 1. The van der Waals surface area contributed by atoms with Crippen molar-refractivity contribution in [1.82, 2.24) is 4.90 Å². The van der Waals surface area contributed by atoms with Gasteiger partial charge < -0.3 is 9.47 Å². The van der Waals surface area contributed by atoms with Crippen molar-refractivity contribution in [1.29, 1.82) is 0 Å². The number of aliphatic imine (C=N–C) groups is 1. The molecule has 0 bridgehead atoms. The molecule has 0 radical (unpaired) electrons. The van der Waals surface area contributed by atoms with Crippen LogP contribution in [0.2, 0.25) is 0 Å². The number of rotatable bonds is 7. The molecule has 4 rings (SSSR count). The number of thioether (sulfide) groups is 1. The molecule has 1 fully saturated rings. The monoisotopic (exact) mass is 610 g/mol. The van der Waals surface area contributed by atoms with E-state index in [1.54, 1.807) is 12.0 Å². The first-order chi connectivity index (χ1) is 17.0. The van der Waals surface area contributed by atoms with Crippen molar-refractivity contribution in [3.05, 3.63) is 91.7 Å². The lowest BCUT2D eigenvalue weighted by atomic mass is 10.2. The minimum Gasteiger partial charge on any atom is -0.497 e. The average molecular weight is 612 g/mol. The van der Waals surface area contributed by atoms with Gasteiger partial charge in [0.25, 0.3) is 5.91 Å². The quantitative estimate of drug-likeness (QED) is 0.212. The molecule has 0 unspecified atom stereocenters. The number of para-hydroxylation sites is 1. The van der Waals surface area contributed by atoms with Crippen molar-refractivity contribution in [3.63, 3.8) is 0 Å². The van der Waals surface area contributed by atoms with Crippen LogP contribution in [0, 0.1) is 12.3 Å². The fraction of sp³-hybridized carbons (Fsp3) is 0.111. The van der Waals surface area contributed by atoms with E-state index < -0.39 is 0 Å². The number of halogens is 2. The van der Waals surface area contributed by atoms with E-state index in [0.717, 1.165) is 31.5 Å². The Hall–Kier alpha value is -2.99. The highest BCUT2D eigenvalue weighted by Gasteiger charge is 2.33. The van der Waals surface area contributed by atoms with Gasteiger partial charge in [0.2, 0.25) is 0 Å². The number of hydrogen-bond acceptors (Lipinski definition) is 5. The predicted octanol–water partition coefficient (Wildman–Crippen LogP) is 7.04. The second-order valence-corrected chi connectivity index (χ2v) is 10.1. The molecule has 0 atom stereocenters. The Kier molecular flexibility index (Phi) is 8.34. The summed E-state index contributed by atoms with van der Waals surface area (Å²) in [5.41, 5.74) is 2.59. The molecule has 1 aliphatic rings. The Morgan fingerprint density at radius 3 is 2.40 bits per heavy atom. The van der Waals surface area contributed by atoms with E-state index in [-0.39, 0.29) is 12.5 Å². The molecule has 1 heterocycles. The summed E-state index contributed by atoms with van der Waals surface area (Å²) in [6.07, 6.45) is 7.15. The highest BCUT2D eigenvalue weighted by molar-refractivity contribution is 9.11. The van der Waals surface area contributed by atoms with Crippen LogP contribution in [0.25, 0.3) is 6.08 Å². The van der Waals surface area contributed by atoms with Crippen LogP contribution in [0.15, 0.2) is 85.6 Å². The molecule has 0 spiro atoms. The summed E-state index contributed by atoms with van der Waals surface area (Å²) >= 11 is 8.40. The summed E-state index contributed by atoms with van der Waals surface area (Å²) in [5, 5.41) is 0.621. The molecule has 1 saturated heterocycles. The smallest absolute Gasteiger partial charge is 0.267 e. The van der Waals surface area contributed by atoms with Crippen molar-refractivity contribution >= 4 is 66.5 Å². The maximum Gasteiger partial charge on any atom is 0.267 e. The molecule has 8 heteroatoms. The topological polar surface area (TPSA) is 51.1 Å². The Morgan fingerprint density at radius 1 is 1.09 bits per heavy atom. The first-order valence-corrected chi connectivity index (χ1v) is 12.9. The summed E-state index contributed by atoms with van der Waals surface area (Å²) in [4.78, 5) is 20.5. The number of ether oxygens (including phenoxy) is 2. The Balaban J connectivity index is 1.67. The highest BCUT2D eigenvalue weighted by atomic mass is 79.9. The lowest BCUT2D eigenvalue weighted by Crippen LogP contribution is -2.28. The van der Waals surface area contributed by atoms with E-state index in [4.69, 9.17) is 20.9 Å². The number of carbonyl (C=O) groups excluding carboxylic acids is 1. The van der Waals surface area contributed by atoms with Crippen LogP contribution in [-0.4, -0.2) is 29.7 Å². The van der Waals surface area contributed by atoms with Crippen LogP contribution in [-0.2, 0) is 11.3 Å². The van der Waals surface area contributed by atoms with E-state index in [9.17, 15) is 4.79 Å². The third-order valence-corrected chi connectivity index (χ3v) is 7.17. The van der Waals surface area contributed by atoms with Gasteiger partial charge in [-0.3, -0.25) is 9.69 Å². The Labute approximate surface area is 225 Å². The summed E-state index contributed by atoms with van der Waals surface area (Å²) in [5.74, 6) is 3.72. The molecule has 5 nitrogen and oxygen atoms in total. The van der Waals surface area contributed by atoms with Gasteiger partial charge in [-0.1, -0.05) is 36.3 Å². The number of amides is 1. The Morgan fingerprint density at radius 2 is 1.77 bits per heavy atom. The predicted molar refractivity (Wildman–Crippen MR) is 149 cm³/mol. The van der Waals surface area contributed by atoms with Gasteiger partial charge in [-0.2, -0.15) is 0 Å². The summed E-state index contributed by atoms with van der Waals surface area (Å²) < 4.78 is 12.3. The summed E-state index contributed by atoms with van der Waals surface area (Å²) in [7, 11) is 1.63. The van der Waals surface area contributed by atoms with Gasteiger partial charge in [0.15, 0.2) is 5.17 Å². The van der Waals surface area contributed by atoms with Crippen LogP contribution in [0.1, 0.15) is 11.1 Å². The fourth-order valence-electron chi connectivity index (χ4n) is 3.32. The molecule has 3 aromatic carbocycles. The third-order valence-electron chi connectivity index (χ3n) is 4.99. The molecular weight excluding hydrogens is 592 g/mol. The van der Waals surface area contributed by atoms with Gasteiger partial charge in [0.05, 0.1) is 33.2 Å². The largest absolute Gasteiger partial charge is 0.497 e. The second-order valence-electron chi connectivity index (χ2n) is 7.39. The minimum absolute atomic E-state index is 0.111. The third kappa shape index (κ3) is 6.17. The molecule has 1 aliphatic heterocycles. The normalized spacial score (nSPS) is 15.5. The maximum atomic E-state index is 13.5. The molecule has 0 saturated carbocycles. The van der Waals surface area contributed by atoms with Crippen molar-refractivity contribution < 1.29 is 14.3 Å². The van der Waals surface area contributed by atoms with E-state index in [1.165, 1.54) is 11.8 Å².